The predicted octanol–water partition coefficient (Wildman–Crippen LogP) is 2.04. The maximum Gasteiger partial charge on any atom is 0.266 e. The number of hydrogen-bond donors (Lipinski definition) is 2. The Morgan fingerprint density at radius 2 is 2.17 bits per heavy atom. The SMILES string of the molecule is NC(=O)c1[nH]c2ccc(Cl)cc2c1S(=O)(=O)N1CCCC(F)C1. The summed E-state index contributed by atoms with van der Waals surface area (Å²) in [6.45, 7) is -0.0258. The number of fused-ring (bicyclic) bond motifs is 1. The summed E-state index contributed by atoms with van der Waals surface area (Å²) in [5, 5.41) is 0.596. The molecule has 0 bridgehead atoms. The Bertz CT molecular complexity index is 881. The average molecular weight is 360 g/mol. The number of carbonyl (C=O) groups excluding carboxylic acids is 1. The molecule has 0 spiro atoms. The van der Waals surface area contributed by atoms with E-state index in [9.17, 15) is 17.6 Å². The lowest BCUT2D eigenvalue weighted by Gasteiger charge is -2.28. The molecule has 1 aliphatic heterocycles. The number of hydrogen-bond acceptors (Lipinski definition) is 3. The zero-order valence-corrected chi connectivity index (χ0v) is 13.6. The summed E-state index contributed by atoms with van der Waals surface area (Å²) >= 11 is 5.94. The van der Waals surface area contributed by atoms with Gasteiger partial charge in [0, 0.05) is 29.0 Å². The number of halogens is 2. The van der Waals surface area contributed by atoms with Crippen LogP contribution >= 0.6 is 11.6 Å². The number of piperidine rings is 1. The zero-order valence-electron chi connectivity index (χ0n) is 12.1. The van der Waals surface area contributed by atoms with E-state index >= 15 is 0 Å². The number of primary amides is 1. The minimum atomic E-state index is -4.07. The molecule has 1 aromatic heterocycles. The lowest BCUT2D eigenvalue weighted by atomic mass is 10.1. The maximum atomic E-state index is 13.6. The van der Waals surface area contributed by atoms with E-state index in [0.717, 1.165) is 4.31 Å². The van der Waals surface area contributed by atoms with Crippen LogP contribution in [-0.2, 0) is 10.0 Å². The van der Waals surface area contributed by atoms with E-state index in [1.165, 1.54) is 6.07 Å². The van der Waals surface area contributed by atoms with Crippen LogP contribution in [0.3, 0.4) is 0 Å². The first kappa shape index (κ1) is 16.2. The largest absolute Gasteiger partial charge is 0.364 e. The first-order chi connectivity index (χ1) is 10.8. The minimum absolute atomic E-state index is 0.203. The van der Waals surface area contributed by atoms with Crippen molar-refractivity contribution < 1.29 is 17.6 Å². The van der Waals surface area contributed by atoms with Crippen molar-refractivity contribution in [3.63, 3.8) is 0 Å². The number of nitrogens with two attached hydrogens (primary N) is 1. The first-order valence-electron chi connectivity index (χ1n) is 7.06. The third kappa shape index (κ3) is 2.82. The van der Waals surface area contributed by atoms with Crippen molar-refractivity contribution in [3.05, 3.63) is 28.9 Å². The van der Waals surface area contributed by atoms with Crippen molar-refractivity contribution in [3.8, 4) is 0 Å². The summed E-state index contributed by atoms with van der Waals surface area (Å²) in [6.07, 6.45) is -0.464. The number of H-pyrrole nitrogens is 1. The Morgan fingerprint density at radius 1 is 1.43 bits per heavy atom. The van der Waals surface area contributed by atoms with Crippen LogP contribution in [0.4, 0.5) is 4.39 Å². The van der Waals surface area contributed by atoms with E-state index in [-0.39, 0.29) is 29.1 Å². The summed E-state index contributed by atoms with van der Waals surface area (Å²) in [4.78, 5) is 14.1. The van der Waals surface area contributed by atoms with Crippen molar-refractivity contribution in [2.45, 2.75) is 23.9 Å². The fraction of sp³-hybridized carbons (Fsp3) is 0.357. The van der Waals surface area contributed by atoms with E-state index < -0.39 is 22.1 Å². The van der Waals surface area contributed by atoms with Gasteiger partial charge in [-0.2, -0.15) is 4.31 Å². The number of alkyl halides is 1. The molecule has 2 heterocycles. The third-order valence-electron chi connectivity index (χ3n) is 3.88. The molecule has 1 saturated heterocycles. The molecule has 0 aliphatic carbocycles. The Balaban J connectivity index is 2.22. The Hall–Kier alpha value is -1.64. The number of nitrogens with one attached hydrogen (secondary N) is 1. The highest BCUT2D eigenvalue weighted by molar-refractivity contribution is 7.89. The normalized spacial score (nSPS) is 20.0. The number of benzene rings is 1. The quantitative estimate of drug-likeness (QED) is 0.877. The number of sulfonamides is 1. The molecule has 1 unspecified atom stereocenters. The number of aromatic amines is 1. The lowest BCUT2D eigenvalue weighted by Crippen LogP contribution is -2.41. The molecule has 124 valence electrons. The number of rotatable bonds is 3. The second kappa shape index (κ2) is 5.77. The van der Waals surface area contributed by atoms with Crippen molar-refractivity contribution in [1.82, 2.24) is 9.29 Å². The molecule has 3 N–H and O–H groups in total. The van der Waals surface area contributed by atoms with Crippen molar-refractivity contribution in [2.24, 2.45) is 5.73 Å². The van der Waals surface area contributed by atoms with Gasteiger partial charge in [0.15, 0.2) is 0 Å². The summed E-state index contributed by atoms with van der Waals surface area (Å²) in [5.41, 5.74) is 5.52. The van der Waals surface area contributed by atoms with Crippen LogP contribution in [0.25, 0.3) is 10.9 Å². The van der Waals surface area contributed by atoms with Crippen LogP contribution in [0.15, 0.2) is 23.1 Å². The van der Waals surface area contributed by atoms with Gasteiger partial charge in [-0.25, -0.2) is 12.8 Å². The minimum Gasteiger partial charge on any atom is -0.364 e. The van der Waals surface area contributed by atoms with Gasteiger partial charge in [0.25, 0.3) is 5.91 Å². The Kier molecular flexibility index (Phi) is 4.07. The topological polar surface area (TPSA) is 96.3 Å². The van der Waals surface area contributed by atoms with Crippen LogP contribution < -0.4 is 5.73 Å². The van der Waals surface area contributed by atoms with Gasteiger partial charge in [-0.3, -0.25) is 4.79 Å². The molecule has 1 amide bonds. The van der Waals surface area contributed by atoms with E-state index in [0.29, 0.717) is 23.4 Å². The molecule has 1 aliphatic rings. The highest BCUT2D eigenvalue weighted by atomic mass is 35.5. The molecule has 6 nitrogen and oxygen atoms in total. The number of aromatic nitrogens is 1. The van der Waals surface area contributed by atoms with E-state index in [2.05, 4.69) is 4.98 Å². The van der Waals surface area contributed by atoms with Crippen LogP contribution in [0.5, 0.6) is 0 Å². The van der Waals surface area contributed by atoms with Crippen molar-refractivity contribution in [1.29, 1.82) is 0 Å². The Labute approximate surface area is 137 Å². The van der Waals surface area contributed by atoms with Gasteiger partial charge in [0.05, 0.1) is 0 Å². The molecule has 0 saturated carbocycles. The summed E-state index contributed by atoms with van der Waals surface area (Å²) in [5.74, 6) is -0.898. The maximum absolute atomic E-state index is 13.6. The molecular weight excluding hydrogens is 345 g/mol. The first-order valence-corrected chi connectivity index (χ1v) is 8.88. The second-order valence-corrected chi connectivity index (χ2v) is 7.80. The summed E-state index contributed by atoms with van der Waals surface area (Å²) < 4.78 is 40.5. The molecular formula is C14H15ClFN3O3S. The van der Waals surface area contributed by atoms with Gasteiger partial charge in [0.1, 0.15) is 16.8 Å². The van der Waals surface area contributed by atoms with E-state index in [1.807, 2.05) is 0 Å². The van der Waals surface area contributed by atoms with E-state index in [1.54, 1.807) is 12.1 Å². The van der Waals surface area contributed by atoms with Gasteiger partial charge in [-0.1, -0.05) is 11.6 Å². The smallest absolute Gasteiger partial charge is 0.266 e. The number of amides is 1. The van der Waals surface area contributed by atoms with Crippen LogP contribution in [0.1, 0.15) is 23.3 Å². The van der Waals surface area contributed by atoms with Gasteiger partial charge < -0.3 is 10.7 Å². The summed E-state index contributed by atoms with van der Waals surface area (Å²) in [6, 6.07) is 4.58. The molecule has 1 fully saturated rings. The van der Waals surface area contributed by atoms with Gasteiger partial charge in [0.2, 0.25) is 10.0 Å². The molecule has 9 heteroatoms. The van der Waals surface area contributed by atoms with Gasteiger partial charge in [-0.15, -0.1) is 0 Å². The van der Waals surface area contributed by atoms with Gasteiger partial charge >= 0.3 is 0 Å². The van der Waals surface area contributed by atoms with Gasteiger partial charge in [-0.05, 0) is 31.0 Å². The molecule has 1 atom stereocenters. The molecule has 23 heavy (non-hydrogen) atoms. The second-order valence-electron chi connectivity index (χ2n) is 5.49. The number of carbonyl (C=O) groups is 1. The standard InChI is InChI=1S/C14H15ClFN3O3S/c15-8-3-4-11-10(6-8)13(12(18-11)14(17)20)23(21,22)19-5-1-2-9(16)7-19/h3-4,6,9,18H,1-2,5,7H2,(H2,17,20). The predicted molar refractivity (Wildman–Crippen MR) is 84.7 cm³/mol. The molecule has 0 radical (unpaired) electrons. The molecule has 2 aromatic rings. The van der Waals surface area contributed by atoms with Crippen LogP contribution in [-0.4, -0.2) is 42.9 Å². The fourth-order valence-electron chi connectivity index (χ4n) is 2.82. The fourth-order valence-corrected chi connectivity index (χ4v) is 4.84. The van der Waals surface area contributed by atoms with Crippen molar-refractivity contribution in [2.75, 3.05) is 13.1 Å². The number of nitrogens with zero attached hydrogens (tertiary/aromatic N) is 1. The molecule has 3 rings (SSSR count). The van der Waals surface area contributed by atoms with Crippen molar-refractivity contribution >= 4 is 38.4 Å². The average Bonchev–Trinajstić information content (AvgIpc) is 2.86. The highest BCUT2D eigenvalue weighted by Crippen LogP contribution is 2.32. The highest BCUT2D eigenvalue weighted by Gasteiger charge is 2.35. The zero-order chi connectivity index (χ0) is 16.8. The molecule has 1 aromatic carbocycles. The lowest BCUT2D eigenvalue weighted by molar-refractivity contribution is 0.0993. The van der Waals surface area contributed by atoms with Crippen LogP contribution in [0.2, 0.25) is 5.02 Å². The van der Waals surface area contributed by atoms with Crippen LogP contribution in [0, 0.1) is 0 Å². The monoisotopic (exact) mass is 359 g/mol. The summed E-state index contributed by atoms with van der Waals surface area (Å²) in [7, 11) is -4.07. The van der Waals surface area contributed by atoms with E-state index in [4.69, 9.17) is 17.3 Å². The Morgan fingerprint density at radius 3 is 2.83 bits per heavy atom. The third-order valence-corrected chi connectivity index (χ3v) is 6.07.